The van der Waals surface area contributed by atoms with Crippen LogP contribution >= 0.6 is 0 Å². The summed E-state index contributed by atoms with van der Waals surface area (Å²) >= 11 is 0. The number of ketones is 2. The molecule has 0 saturated heterocycles. The molecule has 0 aliphatic carbocycles. The molecular weight excluding hydrogens is 658 g/mol. The number of benzene rings is 3. The molecule has 0 aliphatic rings. The Kier molecular flexibility index (Phi) is 16.5. The predicted octanol–water partition coefficient (Wildman–Crippen LogP) is 2.00. The normalized spacial score (nSPS) is 13.2. The van der Waals surface area contributed by atoms with Crippen molar-refractivity contribution in [3.05, 3.63) is 95.6 Å². The first-order chi connectivity index (χ1) is 24.8. The standard InChI is InChI=1S/C39H53N9O4/c1-25-11-13-26(14-12-25)21-32(40)34(49)24-31(10-6-20-47-39(44)45)37(52)48-33(35(50)23-30(36(41)51)9-5-19-46-38(42)43)22-27-15-17-29(18-16-27)28-7-3-2-4-8-28/h2-4,7-8,11-18,30-33H,5-6,9-10,19-24,40H2,1H3,(H2,41,51)(H,48,52)(H4,42,43,46)(H4,44,45,47)/t30-,31-,32+,33+/m1/s1. The van der Waals surface area contributed by atoms with Crippen molar-refractivity contribution in [3.8, 4) is 11.1 Å². The van der Waals surface area contributed by atoms with Crippen LogP contribution < -0.4 is 39.7 Å². The highest BCUT2D eigenvalue weighted by Gasteiger charge is 2.31. The van der Waals surface area contributed by atoms with Gasteiger partial charge in [0.05, 0.1) is 12.1 Å². The lowest BCUT2D eigenvalue weighted by molar-refractivity contribution is -0.134. The predicted molar refractivity (Wildman–Crippen MR) is 206 cm³/mol. The Hall–Kier alpha value is -5.56. The number of Topliss-reactive ketones (excluding diaryl/α,β-unsaturated/α-hetero) is 2. The van der Waals surface area contributed by atoms with E-state index in [-0.39, 0.29) is 68.7 Å². The number of hydrogen-bond acceptors (Lipinski definition) is 7. The molecule has 13 heteroatoms. The van der Waals surface area contributed by atoms with Crippen molar-refractivity contribution in [1.29, 1.82) is 0 Å². The van der Waals surface area contributed by atoms with Crippen molar-refractivity contribution in [1.82, 2.24) is 5.32 Å². The molecule has 52 heavy (non-hydrogen) atoms. The van der Waals surface area contributed by atoms with Gasteiger partial charge in [0.25, 0.3) is 0 Å². The molecule has 0 bridgehead atoms. The number of hydrogen-bond donors (Lipinski definition) is 7. The molecule has 0 spiro atoms. The fraction of sp³-hybridized carbons (Fsp3) is 0.385. The SMILES string of the molecule is Cc1ccc(C[C@H](N)C(=O)C[C@@H](CCCN=C(N)N)C(=O)N[C@@H](Cc2ccc(-c3ccccc3)cc2)C(=O)C[C@@H](CCCN=C(N)N)C(N)=O)cc1. The van der Waals surface area contributed by atoms with Gasteiger partial charge in [-0.25, -0.2) is 0 Å². The zero-order valence-corrected chi connectivity index (χ0v) is 29.9. The summed E-state index contributed by atoms with van der Waals surface area (Å²) in [6.07, 6.45) is 1.54. The Bertz CT molecular complexity index is 1670. The summed E-state index contributed by atoms with van der Waals surface area (Å²) in [5, 5.41) is 2.91. The Morgan fingerprint density at radius 1 is 0.635 bits per heavy atom. The Morgan fingerprint density at radius 3 is 1.69 bits per heavy atom. The largest absolute Gasteiger partial charge is 0.370 e. The molecule has 0 saturated carbocycles. The third kappa shape index (κ3) is 14.4. The molecule has 2 amide bonds. The second-order valence-corrected chi connectivity index (χ2v) is 13.2. The van der Waals surface area contributed by atoms with Gasteiger partial charge in [-0.15, -0.1) is 0 Å². The number of rotatable bonds is 22. The molecule has 278 valence electrons. The van der Waals surface area contributed by atoms with Crippen molar-refractivity contribution < 1.29 is 19.2 Å². The summed E-state index contributed by atoms with van der Waals surface area (Å²) < 4.78 is 0. The highest BCUT2D eigenvalue weighted by Crippen LogP contribution is 2.22. The highest BCUT2D eigenvalue weighted by atomic mass is 16.2. The molecule has 13 N–H and O–H groups in total. The van der Waals surface area contributed by atoms with E-state index in [1.165, 1.54) is 0 Å². The second-order valence-electron chi connectivity index (χ2n) is 13.2. The highest BCUT2D eigenvalue weighted by molar-refractivity contribution is 5.94. The molecule has 0 unspecified atom stereocenters. The minimum absolute atomic E-state index is 0.0739. The van der Waals surface area contributed by atoms with Gasteiger partial charge >= 0.3 is 0 Å². The van der Waals surface area contributed by atoms with Crippen LogP contribution in [0, 0.1) is 18.8 Å². The van der Waals surface area contributed by atoms with Crippen molar-refractivity contribution in [2.24, 2.45) is 56.2 Å². The molecule has 3 aromatic carbocycles. The molecule has 3 aromatic rings. The van der Waals surface area contributed by atoms with Gasteiger partial charge in [-0.3, -0.25) is 29.2 Å². The third-order valence-electron chi connectivity index (χ3n) is 8.87. The Morgan fingerprint density at radius 2 is 1.13 bits per heavy atom. The summed E-state index contributed by atoms with van der Waals surface area (Å²) in [6, 6.07) is 23.4. The average molecular weight is 712 g/mol. The van der Waals surface area contributed by atoms with E-state index in [0.717, 1.165) is 27.8 Å². The van der Waals surface area contributed by atoms with E-state index >= 15 is 0 Å². The maximum Gasteiger partial charge on any atom is 0.224 e. The lowest BCUT2D eigenvalue weighted by atomic mass is 9.89. The first-order valence-corrected chi connectivity index (χ1v) is 17.5. The van der Waals surface area contributed by atoms with Gasteiger partial charge in [0.2, 0.25) is 11.8 Å². The average Bonchev–Trinajstić information content (AvgIpc) is 3.11. The van der Waals surface area contributed by atoms with Crippen molar-refractivity contribution in [2.45, 2.75) is 70.4 Å². The second kappa shape index (κ2) is 21.0. The van der Waals surface area contributed by atoms with Crippen LogP contribution in [0.2, 0.25) is 0 Å². The number of aryl methyl sites for hydroxylation is 1. The topological polar surface area (TPSA) is 261 Å². The summed E-state index contributed by atoms with van der Waals surface area (Å²) in [4.78, 5) is 61.7. The lowest BCUT2D eigenvalue weighted by Gasteiger charge is -2.24. The van der Waals surface area contributed by atoms with Crippen LogP contribution in [-0.4, -0.2) is 60.5 Å². The number of carbonyl (C=O) groups excluding carboxylic acids is 4. The van der Waals surface area contributed by atoms with Gasteiger partial charge in [0, 0.05) is 37.8 Å². The van der Waals surface area contributed by atoms with Crippen molar-refractivity contribution >= 4 is 35.3 Å². The number of primary amides is 1. The smallest absolute Gasteiger partial charge is 0.224 e. The first-order valence-electron chi connectivity index (χ1n) is 17.5. The van der Waals surface area contributed by atoms with Gasteiger partial charge in [0.1, 0.15) is 0 Å². The van der Waals surface area contributed by atoms with Gasteiger partial charge in [-0.05, 0) is 67.7 Å². The van der Waals surface area contributed by atoms with Gasteiger partial charge < -0.3 is 39.7 Å². The Labute approximate surface area is 305 Å². The zero-order chi connectivity index (χ0) is 38.0. The molecule has 3 rings (SSSR count). The van der Waals surface area contributed by atoms with E-state index in [1.807, 2.05) is 85.8 Å². The molecule has 0 aliphatic heterocycles. The maximum absolute atomic E-state index is 14.0. The fourth-order valence-corrected chi connectivity index (χ4v) is 5.87. The first kappa shape index (κ1) is 40.9. The van der Waals surface area contributed by atoms with Crippen LogP contribution in [0.5, 0.6) is 0 Å². The van der Waals surface area contributed by atoms with Crippen molar-refractivity contribution in [3.63, 3.8) is 0 Å². The van der Waals surface area contributed by atoms with Gasteiger partial charge in [0.15, 0.2) is 23.5 Å². The number of nitrogens with two attached hydrogens (primary N) is 6. The van der Waals surface area contributed by atoms with Crippen LogP contribution in [-0.2, 0) is 32.0 Å². The minimum atomic E-state index is -1.01. The number of carbonyl (C=O) groups is 4. The van der Waals surface area contributed by atoms with Crippen LogP contribution in [0.4, 0.5) is 0 Å². The van der Waals surface area contributed by atoms with Gasteiger partial charge in [-0.1, -0.05) is 84.4 Å². The Balaban J connectivity index is 1.84. The third-order valence-corrected chi connectivity index (χ3v) is 8.87. The van der Waals surface area contributed by atoms with E-state index in [9.17, 15) is 19.2 Å². The molecule has 0 aromatic heterocycles. The van der Waals surface area contributed by atoms with E-state index in [1.54, 1.807) is 0 Å². The number of nitrogens with one attached hydrogen (secondary N) is 1. The molecule has 0 fully saturated rings. The fourth-order valence-electron chi connectivity index (χ4n) is 5.87. The van der Waals surface area contributed by atoms with Crippen LogP contribution in [0.1, 0.15) is 55.2 Å². The lowest BCUT2D eigenvalue weighted by Crippen LogP contribution is -2.47. The van der Waals surface area contributed by atoms with Crippen LogP contribution in [0.3, 0.4) is 0 Å². The van der Waals surface area contributed by atoms with E-state index in [4.69, 9.17) is 34.4 Å². The van der Waals surface area contributed by atoms with E-state index in [0.29, 0.717) is 19.3 Å². The number of nitrogens with zero attached hydrogens (tertiary/aromatic N) is 2. The molecule has 0 heterocycles. The zero-order valence-electron chi connectivity index (χ0n) is 29.9. The summed E-state index contributed by atoms with van der Waals surface area (Å²) in [5.41, 5.74) is 38.6. The van der Waals surface area contributed by atoms with Crippen molar-refractivity contribution in [2.75, 3.05) is 13.1 Å². The van der Waals surface area contributed by atoms with Crippen LogP contribution in [0.15, 0.2) is 88.8 Å². The molecule has 13 nitrogen and oxygen atoms in total. The summed E-state index contributed by atoms with van der Waals surface area (Å²) in [7, 11) is 0. The molecule has 0 radical (unpaired) electrons. The monoisotopic (exact) mass is 711 g/mol. The maximum atomic E-state index is 14.0. The van der Waals surface area contributed by atoms with E-state index < -0.39 is 35.7 Å². The summed E-state index contributed by atoms with van der Waals surface area (Å²) in [6.45, 7) is 2.50. The molecular formula is C39H53N9O4. The number of aliphatic imine (C=N–C) groups is 2. The van der Waals surface area contributed by atoms with Gasteiger partial charge in [-0.2, -0.15) is 0 Å². The van der Waals surface area contributed by atoms with Crippen LogP contribution in [0.25, 0.3) is 11.1 Å². The number of amides is 2. The summed E-state index contributed by atoms with van der Waals surface area (Å²) in [5.74, 6) is -3.53. The molecule has 4 atom stereocenters. The quantitative estimate of drug-likeness (QED) is 0.0456. The number of guanidine groups is 2. The minimum Gasteiger partial charge on any atom is -0.370 e. The van der Waals surface area contributed by atoms with E-state index in [2.05, 4.69) is 15.3 Å².